The lowest BCUT2D eigenvalue weighted by Crippen LogP contribution is -2.40. The minimum absolute atomic E-state index is 0.227. The van der Waals surface area contributed by atoms with E-state index in [1.54, 1.807) is 49.4 Å². The van der Waals surface area contributed by atoms with Gasteiger partial charge in [0.1, 0.15) is 23.3 Å². The zero-order valence-electron chi connectivity index (χ0n) is 20.0. The van der Waals surface area contributed by atoms with E-state index in [0.29, 0.717) is 47.9 Å². The number of carbonyl (C=O) groups is 1. The van der Waals surface area contributed by atoms with Gasteiger partial charge in [-0.2, -0.15) is 0 Å². The van der Waals surface area contributed by atoms with Crippen molar-refractivity contribution in [3.05, 3.63) is 107 Å². The van der Waals surface area contributed by atoms with E-state index in [-0.39, 0.29) is 11.1 Å². The number of aromatic nitrogens is 1. The van der Waals surface area contributed by atoms with E-state index in [1.807, 2.05) is 18.2 Å². The Hall–Kier alpha value is -3.59. The summed E-state index contributed by atoms with van der Waals surface area (Å²) >= 11 is 13.5. The lowest BCUT2D eigenvalue weighted by atomic mass is 9.95. The average Bonchev–Trinajstić information content (AvgIpc) is 3.47. The van der Waals surface area contributed by atoms with Crippen LogP contribution in [0.2, 0.25) is 10.0 Å². The number of hydrogen-bond acceptors (Lipinski definition) is 7. The molecule has 0 spiro atoms. The van der Waals surface area contributed by atoms with Crippen molar-refractivity contribution in [2.24, 2.45) is 4.99 Å². The highest BCUT2D eigenvalue weighted by atomic mass is 35.5. The molecular weight excluding hydrogens is 535 g/mol. The SMILES string of the molecule is COC(=O)C1=C(C)N=c2s/c(=C\c3ccc(-c4ccc(Cl)cc4)o3)c(=O)n2[C@@H]1c1cc(Cl)ccc1OC. The number of methoxy groups -OCH3 is 2. The number of allylic oxidation sites excluding steroid dienone is 1. The molecule has 1 aliphatic heterocycles. The number of halogens is 2. The van der Waals surface area contributed by atoms with Crippen LogP contribution in [-0.4, -0.2) is 24.8 Å². The van der Waals surface area contributed by atoms with E-state index in [4.69, 9.17) is 37.1 Å². The number of benzene rings is 2. The van der Waals surface area contributed by atoms with E-state index < -0.39 is 12.0 Å². The number of esters is 1. The van der Waals surface area contributed by atoms with Crippen molar-refractivity contribution in [1.29, 1.82) is 0 Å². The summed E-state index contributed by atoms with van der Waals surface area (Å²) in [5.74, 6) is 1.01. The van der Waals surface area contributed by atoms with Gasteiger partial charge in [-0.15, -0.1) is 0 Å². The fraction of sp³-hybridized carbons (Fsp3) is 0.148. The van der Waals surface area contributed by atoms with Crippen molar-refractivity contribution in [1.82, 2.24) is 4.57 Å². The number of fused-ring (bicyclic) bond motifs is 1. The molecule has 0 radical (unpaired) electrons. The van der Waals surface area contributed by atoms with Crippen LogP contribution in [-0.2, 0) is 9.53 Å². The van der Waals surface area contributed by atoms with Crippen molar-refractivity contribution in [2.45, 2.75) is 13.0 Å². The second-order valence-electron chi connectivity index (χ2n) is 8.17. The summed E-state index contributed by atoms with van der Waals surface area (Å²) in [4.78, 5) is 31.6. The van der Waals surface area contributed by atoms with Crippen LogP contribution in [0.4, 0.5) is 0 Å². The van der Waals surface area contributed by atoms with Gasteiger partial charge in [0.05, 0.1) is 30.0 Å². The zero-order valence-corrected chi connectivity index (χ0v) is 22.3. The van der Waals surface area contributed by atoms with E-state index in [2.05, 4.69) is 4.99 Å². The normalized spacial score (nSPS) is 15.4. The van der Waals surface area contributed by atoms with Crippen LogP contribution in [0.5, 0.6) is 5.75 Å². The Bertz CT molecular complexity index is 1730. The molecule has 2 aromatic heterocycles. The second kappa shape index (κ2) is 10.0. The van der Waals surface area contributed by atoms with Gasteiger partial charge in [-0.25, -0.2) is 9.79 Å². The highest BCUT2D eigenvalue weighted by molar-refractivity contribution is 7.07. The van der Waals surface area contributed by atoms with Crippen molar-refractivity contribution < 1.29 is 18.7 Å². The molecule has 0 amide bonds. The summed E-state index contributed by atoms with van der Waals surface area (Å²) in [5, 5.41) is 1.06. The van der Waals surface area contributed by atoms with Gasteiger partial charge in [-0.3, -0.25) is 9.36 Å². The maximum absolute atomic E-state index is 13.7. The van der Waals surface area contributed by atoms with Gasteiger partial charge >= 0.3 is 5.97 Å². The molecular formula is C27H20Cl2N2O5S. The summed E-state index contributed by atoms with van der Waals surface area (Å²) < 4.78 is 18.4. The molecule has 37 heavy (non-hydrogen) atoms. The van der Waals surface area contributed by atoms with E-state index in [1.165, 1.54) is 30.1 Å². The maximum Gasteiger partial charge on any atom is 0.338 e. The van der Waals surface area contributed by atoms with E-state index in [9.17, 15) is 9.59 Å². The Morgan fingerprint density at radius 2 is 1.81 bits per heavy atom. The molecule has 10 heteroatoms. The Balaban J connectivity index is 1.68. The lowest BCUT2D eigenvalue weighted by Gasteiger charge is -2.25. The minimum atomic E-state index is -0.847. The Morgan fingerprint density at radius 1 is 1.08 bits per heavy atom. The Labute approximate surface area is 225 Å². The minimum Gasteiger partial charge on any atom is -0.496 e. The monoisotopic (exact) mass is 554 g/mol. The molecule has 5 rings (SSSR count). The standard InChI is InChI=1S/C27H20Cl2N2O5S/c1-14-23(26(33)35-3)24(19-12-17(29)8-10-21(19)34-2)31-25(32)22(37-27(31)30-14)13-18-9-11-20(36-18)15-4-6-16(28)7-5-15/h4-13,24H,1-3H3/b22-13-/t24-/m1/s1. The van der Waals surface area contributed by atoms with Gasteiger partial charge < -0.3 is 13.9 Å². The van der Waals surface area contributed by atoms with Gasteiger partial charge in [0.15, 0.2) is 4.80 Å². The average molecular weight is 555 g/mol. The van der Waals surface area contributed by atoms with E-state index in [0.717, 1.165) is 5.56 Å². The summed E-state index contributed by atoms with van der Waals surface area (Å²) in [6.45, 7) is 1.71. The first kappa shape index (κ1) is 25.1. The molecule has 0 saturated carbocycles. The van der Waals surface area contributed by atoms with Crippen LogP contribution in [0.25, 0.3) is 17.4 Å². The molecule has 1 atom stereocenters. The van der Waals surface area contributed by atoms with Gasteiger partial charge in [-0.1, -0.05) is 34.5 Å². The van der Waals surface area contributed by atoms with Crippen molar-refractivity contribution in [3.8, 4) is 17.1 Å². The lowest BCUT2D eigenvalue weighted by molar-refractivity contribution is -0.136. The molecule has 7 nitrogen and oxygen atoms in total. The van der Waals surface area contributed by atoms with Crippen LogP contribution in [0.3, 0.4) is 0 Å². The molecule has 4 aromatic rings. The summed E-state index contributed by atoms with van der Waals surface area (Å²) in [7, 11) is 2.80. The van der Waals surface area contributed by atoms with Gasteiger partial charge in [0.25, 0.3) is 5.56 Å². The molecule has 0 fully saturated rings. The summed E-state index contributed by atoms with van der Waals surface area (Å²) in [6.07, 6.45) is 1.66. The predicted octanol–water partition coefficient (Wildman–Crippen LogP) is 4.98. The summed E-state index contributed by atoms with van der Waals surface area (Å²) in [6, 6.07) is 15.1. The highest BCUT2D eigenvalue weighted by Crippen LogP contribution is 2.37. The third-order valence-electron chi connectivity index (χ3n) is 5.94. The molecule has 1 aliphatic rings. The van der Waals surface area contributed by atoms with Crippen molar-refractivity contribution in [2.75, 3.05) is 14.2 Å². The number of furan rings is 1. The number of rotatable bonds is 5. The van der Waals surface area contributed by atoms with Crippen LogP contribution < -0.4 is 19.6 Å². The molecule has 188 valence electrons. The fourth-order valence-electron chi connectivity index (χ4n) is 4.23. The number of nitrogens with zero attached hydrogens (tertiary/aromatic N) is 2. The summed E-state index contributed by atoms with van der Waals surface area (Å²) in [5.41, 5.74) is 1.73. The first-order chi connectivity index (χ1) is 17.8. The number of carbonyl (C=O) groups excluding carboxylic acids is 1. The first-order valence-electron chi connectivity index (χ1n) is 11.1. The van der Waals surface area contributed by atoms with Crippen LogP contribution in [0.1, 0.15) is 24.3 Å². The molecule has 2 aromatic carbocycles. The third-order valence-corrected chi connectivity index (χ3v) is 7.41. The molecule has 0 unspecified atom stereocenters. The van der Waals surface area contributed by atoms with Crippen molar-refractivity contribution >= 4 is 46.6 Å². The van der Waals surface area contributed by atoms with Gasteiger partial charge in [0, 0.05) is 27.2 Å². The maximum atomic E-state index is 13.7. The zero-order chi connectivity index (χ0) is 26.3. The molecule has 0 bridgehead atoms. The molecule has 3 heterocycles. The van der Waals surface area contributed by atoms with Crippen molar-refractivity contribution in [3.63, 3.8) is 0 Å². The van der Waals surface area contributed by atoms with Crippen LogP contribution in [0.15, 0.2) is 80.1 Å². The predicted molar refractivity (Wildman–Crippen MR) is 143 cm³/mol. The number of hydrogen-bond donors (Lipinski definition) is 0. The smallest absolute Gasteiger partial charge is 0.338 e. The van der Waals surface area contributed by atoms with Gasteiger partial charge in [0.2, 0.25) is 0 Å². The van der Waals surface area contributed by atoms with E-state index >= 15 is 0 Å². The molecule has 0 N–H and O–H groups in total. The topological polar surface area (TPSA) is 83.0 Å². The quantitative estimate of drug-likeness (QED) is 0.325. The Kier molecular flexibility index (Phi) is 6.81. The van der Waals surface area contributed by atoms with Crippen LogP contribution >= 0.6 is 34.5 Å². The molecule has 0 aliphatic carbocycles. The highest BCUT2D eigenvalue weighted by Gasteiger charge is 2.35. The second-order valence-corrected chi connectivity index (χ2v) is 10.1. The van der Waals surface area contributed by atoms with Crippen LogP contribution in [0, 0.1) is 0 Å². The third kappa shape index (κ3) is 4.64. The fourth-order valence-corrected chi connectivity index (χ4v) is 5.57. The first-order valence-corrected chi connectivity index (χ1v) is 12.7. The number of thiazole rings is 1. The Morgan fingerprint density at radius 3 is 2.51 bits per heavy atom. The largest absolute Gasteiger partial charge is 0.496 e. The molecule has 0 saturated heterocycles. The van der Waals surface area contributed by atoms with Gasteiger partial charge in [-0.05, 0) is 61.5 Å². The number of ether oxygens (including phenoxy) is 2.